The van der Waals surface area contributed by atoms with E-state index in [-0.39, 0.29) is 6.04 Å². The number of nitrogens with two attached hydrogens (primary N) is 1. The molecule has 0 fully saturated rings. The van der Waals surface area contributed by atoms with E-state index in [1.807, 2.05) is 11.6 Å². The molecule has 1 atom stereocenters. The Kier molecular flexibility index (Phi) is 3.90. The van der Waals surface area contributed by atoms with Crippen LogP contribution in [0.1, 0.15) is 30.0 Å². The molecule has 0 spiro atoms. The number of hydrogen-bond acceptors (Lipinski definition) is 5. The van der Waals surface area contributed by atoms with Gasteiger partial charge in [0.2, 0.25) is 0 Å². The van der Waals surface area contributed by atoms with E-state index in [9.17, 15) is 0 Å². The maximum atomic E-state index is 6.12. The van der Waals surface area contributed by atoms with Crippen molar-refractivity contribution in [2.45, 2.75) is 32.9 Å². The van der Waals surface area contributed by atoms with Gasteiger partial charge < -0.3 is 5.73 Å². The lowest BCUT2D eigenvalue weighted by molar-refractivity contribution is 0.582. The van der Waals surface area contributed by atoms with Crippen molar-refractivity contribution in [3.05, 3.63) is 27.8 Å². The van der Waals surface area contributed by atoms with Crippen LogP contribution in [0.25, 0.3) is 0 Å². The van der Waals surface area contributed by atoms with Crippen molar-refractivity contribution in [1.82, 2.24) is 18.5 Å². The summed E-state index contributed by atoms with van der Waals surface area (Å²) in [5, 5.41) is 4.44. The van der Waals surface area contributed by atoms with E-state index < -0.39 is 0 Å². The molecule has 0 radical (unpaired) electrons. The first-order chi connectivity index (χ1) is 8.13. The van der Waals surface area contributed by atoms with Crippen LogP contribution in [-0.2, 0) is 13.0 Å². The average Bonchev–Trinajstić information content (AvgIpc) is 2.92. The molecule has 1 unspecified atom stereocenters. The Morgan fingerprint density at radius 1 is 1.59 bits per heavy atom. The summed E-state index contributed by atoms with van der Waals surface area (Å²) in [4.78, 5) is 0. The van der Waals surface area contributed by atoms with Gasteiger partial charge in [-0.2, -0.15) is 13.8 Å². The molecular weight excluding hydrogens is 302 g/mol. The summed E-state index contributed by atoms with van der Waals surface area (Å²) in [6.45, 7) is 4.89. The number of aryl methyl sites for hydroxylation is 2. The molecule has 0 aliphatic rings. The fourth-order valence-electron chi connectivity index (χ4n) is 1.71. The van der Waals surface area contributed by atoms with Gasteiger partial charge in [-0.1, -0.05) is 0 Å². The van der Waals surface area contributed by atoms with Crippen LogP contribution in [0.5, 0.6) is 0 Å². The zero-order chi connectivity index (χ0) is 12.4. The Balaban J connectivity index is 2.24. The predicted octanol–water partition coefficient (Wildman–Crippen LogP) is 2.07. The van der Waals surface area contributed by atoms with Crippen molar-refractivity contribution < 1.29 is 0 Å². The Morgan fingerprint density at radius 3 is 2.94 bits per heavy atom. The molecule has 0 amide bonds. The topological polar surface area (TPSA) is 69.6 Å². The van der Waals surface area contributed by atoms with Gasteiger partial charge in [-0.05, 0) is 29.8 Å². The maximum Gasteiger partial charge on any atom is 0.0914 e. The quantitative estimate of drug-likeness (QED) is 0.937. The van der Waals surface area contributed by atoms with Crippen LogP contribution in [0.4, 0.5) is 0 Å². The highest BCUT2D eigenvalue weighted by Gasteiger charge is 2.17. The lowest BCUT2D eigenvalue weighted by Gasteiger charge is -2.10. The summed E-state index contributed by atoms with van der Waals surface area (Å²) in [6.07, 6.45) is 2.43. The van der Waals surface area contributed by atoms with E-state index >= 15 is 0 Å². The number of aromatic nitrogens is 4. The van der Waals surface area contributed by atoms with Gasteiger partial charge >= 0.3 is 0 Å². The molecule has 17 heavy (non-hydrogen) atoms. The summed E-state index contributed by atoms with van der Waals surface area (Å²) >= 11 is 4.75. The number of hydrogen-bond donors (Lipinski definition) is 1. The van der Waals surface area contributed by atoms with Gasteiger partial charge in [0, 0.05) is 13.0 Å². The van der Waals surface area contributed by atoms with E-state index in [1.165, 1.54) is 11.7 Å². The average molecular weight is 316 g/mol. The summed E-state index contributed by atoms with van der Waals surface area (Å²) < 4.78 is 11.1. The molecule has 92 valence electrons. The number of nitrogens with zero attached hydrogens (tertiary/aromatic N) is 4. The lowest BCUT2D eigenvalue weighted by atomic mass is 10.1. The largest absolute Gasteiger partial charge is 0.322 e. The zero-order valence-corrected chi connectivity index (χ0v) is 12.1. The second-order valence-electron chi connectivity index (χ2n) is 3.80. The molecule has 5 nitrogen and oxygen atoms in total. The molecule has 0 aromatic carbocycles. The van der Waals surface area contributed by atoms with E-state index in [2.05, 4.69) is 36.7 Å². The third kappa shape index (κ3) is 2.56. The molecule has 2 aromatic heterocycles. The third-order valence-corrected chi connectivity index (χ3v) is 4.15. The highest BCUT2D eigenvalue weighted by molar-refractivity contribution is 9.10. The Hall–Kier alpha value is -0.790. The van der Waals surface area contributed by atoms with Crippen LogP contribution in [-0.4, -0.2) is 18.5 Å². The van der Waals surface area contributed by atoms with Crippen LogP contribution >= 0.6 is 27.7 Å². The fraction of sp³-hybridized carbons (Fsp3) is 0.500. The molecule has 2 heterocycles. The molecule has 7 heteroatoms. The summed E-state index contributed by atoms with van der Waals surface area (Å²) in [5.41, 5.74) is 9.06. The molecular formula is C10H14BrN5S. The molecule has 0 aliphatic carbocycles. The standard InChI is InChI=1S/C10H14BrN5S/c1-3-16-9(10(11)6(2)14-16)4-7(12)8-5-13-17-15-8/h5,7H,3-4,12H2,1-2H3. The van der Waals surface area contributed by atoms with Gasteiger partial charge in [-0.25, -0.2) is 0 Å². The number of halogens is 1. The first kappa shape index (κ1) is 12.7. The van der Waals surface area contributed by atoms with Gasteiger partial charge in [0.25, 0.3) is 0 Å². The smallest absolute Gasteiger partial charge is 0.0914 e. The van der Waals surface area contributed by atoms with Gasteiger partial charge in [0.05, 0.1) is 45.5 Å². The Labute approximate surface area is 112 Å². The molecule has 2 rings (SSSR count). The highest BCUT2D eigenvalue weighted by Crippen LogP contribution is 2.25. The second-order valence-corrected chi connectivity index (χ2v) is 5.15. The van der Waals surface area contributed by atoms with E-state index in [0.717, 1.165) is 28.1 Å². The molecule has 0 saturated heterocycles. The van der Waals surface area contributed by atoms with E-state index in [1.54, 1.807) is 6.20 Å². The predicted molar refractivity (Wildman–Crippen MR) is 70.9 cm³/mol. The minimum atomic E-state index is -0.133. The van der Waals surface area contributed by atoms with Gasteiger partial charge in [0.15, 0.2) is 0 Å². The van der Waals surface area contributed by atoms with Crippen molar-refractivity contribution >= 4 is 27.7 Å². The summed E-state index contributed by atoms with van der Waals surface area (Å²) in [6, 6.07) is -0.133. The fourth-order valence-corrected chi connectivity index (χ4v) is 2.64. The number of rotatable bonds is 4. The van der Waals surface area contributed by atoms with Gasteiger partial charge in [0.1, 0.15) is 0 Å². The minimum absolute atomic E-state index is 0.133. The van der Waals surface area contributed by atoms with Crippen molar-refractivity contribution in [3.8, 4) is 0 Å². The van der Waals surface area contributed by atoms with Crippen molar-refractivity contribution in [1.29, 1.82) is 0 Å². The van der Waals surface area contributed by atoms with E-state index in [0.29, 0.717) is 6.42 Å². The normalized spacial score (nSPS) is 12.9. The molecule has 0 aliphatic heterocycles. The first-order valence-corrected chi connectivity index (χ1v) is 6.90. The Bertz CT molecular complexity index is 493. The second kappa shape index (κ2) is 5.24. The molecule has 0 bridgehead atoms. The van der Waals surface area contributed by atoms with Crippen LogP contribution in [0.2, 0.25) is 0 Å². The van der Waals surface area contributed by atoms with Crippen LogP contribution in [0.3, 0.4) is 0 Å². The Morgan fingerprint density at radius 2 is 2.35 bits per heavy atom. The van der Waals surface area contributed by atoms with Crippen molar-refractivity contribution in [3.63, 3.8) is 0 Å². The minimum Gasteiger partial charge on any atom is -0.322 e. The molecule has 2 N–H and O–H groups in total. The van der Waals surface area contributed by atoms with Crippen molar-refractivity contribution in [2.75, 3.05) is 0 Å². The zero-order valence-electron chi connectivity index (χ0n) is 9.72. The monoisotopic (exact) mass is 315 g/mol. The lowest BCUT2D eigenvalue weighted by Crippen LogP contribution is -2.16. The highest BCUT2D eigenvalue weighted by atomic mass is 79.9. The molecule has 0 saturated carbocycles. The van der Waals surface area contributed by atoms with Crippen LogP contribution in [0, 0.1) is 6.92 Å². The SMILES string of the molecule is CCn1nc(C)c(Br)c1CC(N)c1cnsn1. The maximum absolute atomic E-state index is 6.12. The van der Waals surface area contributed by atoms with Crippen molar-refractivity contribution in [2.24, 2.45) is 5.73 Å². The van der Waals surface area contributed by atoms with Crippen LogP contribution < -0.4 is 5.73 Å². The first-order valence-electron chi connectivity index (χ1n) is 5.38. The van der Waals surface area contributed by atoms with Crippen LogP contribution in [0.15, 0.2) is 10.7 Å². The molecule has 2 aromatic rings. The summed E-state index contributed by atoms with van der Waals surface area (Å²) in [5.74, 6) is 0. The van der Waals surface area contributed by atoms with Gasteiger partial charge in [-0.3, -0.25) is 4.68 Å². The van der Waals surface area contributed by atoms with Gasteiger partial charge in [-0.15, -0.1) is 0 Å². The third-order valence-electron chi connectivity index (χ3n) is 2.62. The van der Waals surface area contributed by atoms with E-state index in [4.69, 9.17) is 5.73 Å². The summed E-state index contributed by atoms with van der Waals surface area (Å²) in [7, 11) is 0.